The Morgan fingerprint density at radius 3 is 0.550 bits per heavy atom. The average molecular weight is 1210 g/mol. The van der Waals surface area contributed by atoms with Gasteiger partial charge in [-0.25, -0.2) is 0 Å². The molecule has 2 aromatic rings. The second-order valence-corrected chi connectivity index (χ2v) is 114. The molecule has 0 N–H and O–H groups in total. The van der Waals surface area contributed by atoms with Gasteiger partial charge in [-0.3, -0.25) is 0 Å². The molecule has 0 fully saturated rings. The third-order valence-corrected chi connectivity index (χ3v) is 105. The number of hydrogen-bond donors (Lipinski definition) is 0. The van der Waals surface area contributed by atoms with Gasteiger partial charge < -0.3 is 0 Å². The molecule has 0 aromatic heterocycles. The Labute approximate surface area is 404 Å². The zero-order valence-corrected chi connectivity index (χ0v) is 60.7. The molecule has 0 radical (unpaired) electrons. The van der Waals surface area contributed by atoms with Crippen LogP contribution >= 0.6 is 28.0 Å². The average Bonchev–Trinajstić information content (AvgIpc) is 2.89. The third kappa shape index (κ3) is 14.1. The van der Waals surface area contributed by atoms with Crippen molar-refractivity contribution in [1.29, 1.82) is 0 Å². The zero-order chi connectivity index (χ0) is 47.9. The van der Waals surface area contributed by atoms with Crippen LogP contribution in [0.4, 0.5) is 0 Å². The van der Waals surface area contributed by atoms with Crippen molar-refractivity contribution >= 4 is 121 Å². The predicted molar refractivity (Wildman–Crippen MR) is 317 cm³/mol. The molecule has 60 heavy (non-hydrogen) atoms. The van der Waals surface area contributed by atoms with Gasteiger partial charge in [0.1, 0.15) is 0 Å². The van der Waals surface area contributed by atoms with Gasteiger partial charge in [0.2, 0.25) is 0 Å². The second-order valence-electron chi connectivity index (χ2n) is 29.8. The van der Waals surface area contributed by atoms with Crippen LogP contribution in [-0.2, 0) is 10.8 Å². The molecule has 0 bridgehead atoms. The van der Waals surface area contributed by atoms with Gasteiger partial charge in [0.15, 0.2) is 0 Å². The number of hydrogen-bond acceptors (Lipinski definition) is 0. The molecule has 0 aliphatic rings. The van der Waals surface area contributed by atoms with Crippen molar-refractivity contribution in [2.75, 3.05) is 0 Å². The van der Waals surface area contributed by atoms with E-state index in [1.165, 1.54) is 0 Å². The summed E-state index contributed by atoms with van der Waals surface area (Å²) in [5.74, 6) is 0. The Morgan fingerprint density at radius 2 is 0.450 bits per heavy atom. The van der Waals surface area contributed by atoms with E-state index in [1.54, 1.807) is 11.1 Å². The molecular formula is C48H98Br2Ge2Si8. The fraction of sp³-hybridized carbons (Fsp3) is 0.750. The van der Waals surface area contributed by atoms with E-state index in [-0.39, 0.29) is 10.8 Å². The molecule has 2 aromatic carbocycles. The van der Waals surface area contributed by atoms with Gasteiger partial charge >= 0.3 is 409 Å². The zero-order valence-electron chi connectivity index (χ0n) is 45.4. The third-order valence-electron chi connectivity index (χ3n) is 12.9. The van der Waals surface area contributed by atoms with Crippen LogP contribution in [0.2, 0.25) is 157 Å². The Kier molecular flexibility index (Phi) is 18.4. The van der Waals surface area contributed by atoms with Crippen LogP contribution in [0.3, 0.4) is 0 Å². The summed E-state index contributed by atoms with van der Waals surface area (Å²) in [5.41, 5.74) is 10.7. The first-order chi connectivity index (χ1) is 26.0. The van der Waals surface area contributed by atoms with Crippen LogP contribution in [0.15, 0.2) is 24.3 Å². The van der Waals surface area contributed by atoms with E-state index >= 15 is 0 Å². The van der Waals surface area contributed by atoms with Crippen molar-refractivity contribution in [3.63, 3.8) is 0 Å². The van der Waals surface area contributed by atoms with Crippen molar-refractivity contribution < 1.29 is 0 Å². The van der Waals surface area contributed by atoms with Gasteiger partial charge in [-0.15, -0.1) is 0 Å². The molecule has 0 aliphatic carbocycles. The standard InChI is InChI=1S/C48H98Br2Ge2Si8/c1-47(2,3)35-31-37(43(53(7,8)9)54(10,11)12)41(38(32-35)44(55(13,14)15)56(16,17)18)51(49)52(50)42-39(45(57(19,20)21)58(22,23)24)33-36(48(4,5)6)34-40(42)46(59(25,26)27)60(28,29)30/h31-34,43-46H,1-30H3/b52-51+. The first kappa shape index (κ1) is 58.3. The Balaban J connectivity index is 3.88. The Hall–Kier alpha value is 2.22. The molecule has 344 valence electrons. The van der Waals surface area contributed by atoms with E-state index in [0.717, 1.165) is 0 Å². The molecule has 2 rings (SSSR count). The normalized spacial score (nSPS) is 15.5. The molecular weight excluding hydrogens is 1110 g/mol. The van der Waals surface area contributed by atoms with E-state index < -0.39 is 84.6 Å². The van der Waals surface area contributed by atoms with Gasteiger partial charge in [0, 0.05) is 0 Å². The first-order valence-electron chi connectivity index (χ1n) is 23.4. The monoisotopic (exact) mass is 1200 g/mol. The quantitative estimate of drug-likeness (QED) is 0.165. The summed E-state index contributed by atoms with van der Waals surface area (Å²) in [5, 5.41) is 2.83. The molecule has 0 atom stereocenters. The summed E-state index contributed by atoms with van der Waals surface area (Å²) in [7, 11) is -17.7. The van der Waals surface area contributed by atoms with Crippen molar-refractivity contribution in [3.8, 4) is 0 Å². The summed E-state index contributed by atoms with van der Waals surface area (Å²) in [6, 6.07) is 11.4. The summed E-state index contributed by atoms with van der Waals surface area (Å²) < 4.78 is 3.85. The Bertz CT molecular complexity index is 1590. The van der Waals surface area contributed by atoms with Crippen LogP contribution in [0.1, 0.15) is 95.6 Å². The van der Waals surface area contributed by atoms with Crippen LogP contribution in [0, 0.1) is 0 Å². The molecule has 0 spiro atoms. The first-order valence-corrected chi connectivity index (χ1v) is 70.4. The van der Waals surface area contributed by atoms with Crippen LogP contribution < -0.4 is 8.79 Å². The van der Waals surface area contributed by atoms with Crippen molar-refractivity contribution in [3.05, 3.63) is 57.6 Å². The fourth-order valence-corrected chi connectivity index (χ4v) is 97.5. The van der Waals surface area contributed by atoms with E-state index in [2.05, 4.69) is 223 Å². The Morgan fingerprint density at radius 1 is 0.317 bits per heavy atom. The van der Waals surface area contributed by atoms with E-state index in [0.29, 0.717) is 20.7 Å². The summed E-state index contributed by atoms with van der Waals surface area (Å²) in [6.07, 6.45) is 0. The van der Waals surface area contributed by atoms with Gasteiger partial charge in [-0.2, -0.15) is 0 Å². The maximum atomic E-state index is 5.10. The molecule has 0 heterocycles. The van der Waals surface area contributed by atoms with Crippen molar-refractivity contribution in [1.82, 2.24) is 0 Å². The van der Waals surface area contributed by atoms with Crippen LogP contribution in [0.25, 0.3) is 0 Å². The van der Waals surface area contributed by atoms with Crippen molar-refractivity contribution in [2.24, 2.45) is 0 Å². The number of rotatable bonds is 14. The molecule has 0 saturated carbocycles. The van der Waals surface area contributed by atoms with Gasteiger partial charge in [-0.1, -0.05) is 0 Å². The summed E-state index contributed by atoms with van der Waals surface area (Å²) in [4.78, 5) is 0. The van der Waals surface area contributed by atoms with Crippen LogP contribution in [-0.4, -0.2) is 84.6 Å². The van der Waals surface area contributed by atoms with E-state index in [4.69, 9.17) is 28.0 Å². The van der Waals surface area contributed by atoms with E-state index in [9.17, 15) is 0 Å². The van der Waals surface area contributed by atoms with Gasteiger partial charge in [0.05, 0.1) is 0 Å². The van der Waals surface area contributed by atoms with E-state index in [1.807, 2.05) is 31.0 Å². The maximum absolute atomic E-state index is 5.10. The van der Waals surface area contributed by atoms with Gasteiger partial charge in [0.25, 0.3) is 0 Å². The molecule has 0 aliphatic heterocycles. The SMILES string of the molecule is CC(C)(C)c1cc(C([Si](C)(C)C)[Si](C)(C)C)[c](/[Ge]([Br])=[Ge](\[Br])[c]2c(C([Si](C)(C)C)[Si](C)(C)C)cc(C(C)(C)C)cc2C([Si](C)(C)C)[Si](C)(C)C)c(C([Si](C)(C)C)[Si](C)(C)C)c1. The van der Waals surface area contributed by atoms with Crippen LogP contribution in [0.5, 0.6) is 0 Å². The molecule has 0 unspecified atom stereocenters. The fourth-order valence-electron chi connectivity index (χ4n) is 12.8. The van der Waals surface area contributed by atoms with Crippen molar-refractivity contribution in [2.45, 2.75) is 230 Å². The summed E-state index contributed by atoms with van der Waals surface area (Å²) in [6.45, 7) is 80.2. The molecule has 0 amide bonds. The predicted octanol–water partition coefficient (Wildman–Crippen LogP) is 16.6. The minimum absolute atomic E-state index is 0.0990. The molecule has 12 heteroatoms. The molecule has 0 nitrogen and oxygen atoms in total. The second kappa shape index (κ2) is 19.0. The minimum atomic E-state index is -2.22. The number of benzene rings is 2. The van der Waals surface area contributed by atoms with Gasteiger partial charge in [-0.05, 0) is 0 Å². The number of halogens is 2. The summed E-state index contributed by atoms with van der Waals surface area (Å²) >= 11 is 10.2. The molecule has 0 saturated heterocycles. The topological polar surface area (TPSA) is 0 Å².